The van der Waals surface area contributed by atoms with Gasteiger partial charge in [0.1, 0.15) is 5.75 Å². The van der Waals surface area contributed by atoms with E-state index < -0.39 is 0 Å². The fourth-order valence-corrected chi connectivity index (χ4v) is 1.62. The Morgan fingerprint density at radius 3 is 2.27 bits per heavy atom. The van der Waals surface area contributed by atoms with Gasteiger partial charge in [0.25, 0.3) is 0 Å². The molecule has 1 aromatic carbocycles. The fraction of sp³-hybridized carbons (Fsp3) is 0.462. The zero-order valence-corrected chi connectivity index (χ0v) is 10.0. The Labute approximate surface area is 91.3 Å². The van der Waals surface area contributed by atoms with E-state index in [0.717, 1.165) is 5.56 Å². The van der Waals surface area contributed by atoms with Gasteiger partial charge in [-0.25, -0.2) is 0 Å². The van der Waals surface area contributed by atoms with Crippen LogP contribution in [0.3, 0.4) is 0 Å². The van der Waals surface area contributed by atoms with Gasteiger partial charge in [-0.15, -0.1) is 0 Å². The summed E-state index contributed by atoms with van der Waals surface area (Å²) in [5.74, 6) is 0.746. The van der Waals surface area contributed by atoms with Crippen LogP contribution in [0.1, 0.15) is 43.6 Å². The second-order valence-electron chi connectivity index (χ2n) is 4.69. The van der Waals surface area contributed by atoms with Crippen LogP contribution in [0.25, 0.3) is 0 Å². The van der Waals surface area contributed by atoms with Crippen LogP contribution in [-0.4, -0.2) is 12.9 Å². The van der Waals surface area contributed by atoms with Gasteiger partial charge in [-0.3, -0.25) is 4.79 Å². The number of methoxy groups -OCH3 is 1. The Morgan fingerprint density at radius 1 is 1.27 bits per heavy atom. The molecular weight excluding hydrogens is 188 g/mol. The molecule has 0 aliphatic carbocycles. The Morgan fingerprint density at radius 2 is 1.87 bits per heavy atom. The van der Waals surface area contributed by atoms with E-state index >= 15 is 0 Å². The molecule has 2 nitrogen and oxygen atoms in total. The van der Waals surface area contributed by atoms with E-state index in [4.69, 9.17) is 4.74 Å². The lowest BCUT2D eigenvalue weighted by Gasteiger charge is -2.23. The first-order valence-corrected chi connectivity index (χ1v) is 5.06. The van der Waals surface area contributed by atoms with Gasteiger partial charge in [0.05, 0.1) is 12.7 Å². The molecule has 0 aliphatic rings. The van der Waals surface area contributed by atoms with Crippen LogP contribution < -0.4 is 4.74 Å². The summed E-state index contributed by atoms with van der Waals surface area (Å²) in [6.45, 7) is 7.88. The second-order valence-corrected chi connectivity index (χ2v) is 4.69. The zero-order valence-electron chi connectivity index (χ0n) is 10.0. The molecule has 0 aromatic heterocycles. The molecule has 15 heavy (non-hydrogen) atoms. The maximum absolute atomic E-state index is 11.4. The van der Waals surface area contributed by atoms with Crippen LogP contribution in [0.15, 0.2) is 18.2 Å². The van der Waals surface area contributed by atoms with Crippen molar-refractivity contribution in [1.82, 2.24) is 0 Å². The summed E-state index contributed by atoms with van der Waals surface area (Å²) in [7, 11) is 1.61. The third kappa shape index (κ3) is 2.38. The predicted octanol–water partition coefficient (Wildman–Crippen LogP) is 3.20. The van der Waals surface area contributed by atoms with Gasteiger partial charge in [0.2, 0.25) is 0 Å². The molecule has 0 amide bonds. The van der Waals surface area contributed by atoms with Crippen LogP contribution >= 0.6 is 0 Å². The predicted molar refractivity (Wildman–Crippen MR) is 61.7 cm³/mol. The molecular formula is C13H18O2. The van der Waals surface area contributed by atoms with Crippen molar-refractivity contribution in [2.75, 3.05) is 7.11 Å². The summed E-state index contributed by atoms with van der Waals surface area (Å²) in [6, 6.07) is 5.71. The lowest BCUT2D eigenvalue weighted by Crippen LogP contribution is -2.14. The van der Waals surface area contributed by atoms with E-state index in [1.807, 2.05) is 12.1 Å². The maximum Gasteiger partial charge on any atom is 0.163 e. The number of hydrogen-bond acceptors (Lipinski definition) is 2. The Kier molecular flexibility index (Phi) is 3.18. The van der Waals surface area contributed by atoms with Crippen molar-refractivity contribution in [2.45, 2.75) is 33.1 Å². The minimum absolute atomic E-state index is 0.0171. The van der Waals surface area contributed by atoms with E-state index in [-0.39, 0.29) is 11.2 Å². The maximum atomic E-state index is 11.4. The first-order chi connectivity index (χ1) is 6.88. The van der Waals surface area contributed by atoms with Crippen molar-refractivity contribution in [3.05, 3.63) is 29.3 Å². The highest BCUT2D eigenvalue weighted by molar-refractivity contribution is 5.97. The minimum atomic E-state index is -0.0171. The number of para-hydroxylation sites is 1. The molecule has 0 N–H and O–H groups in total. The lowest BCUT2D eigenvalue weighted by molar-refractivity contribution is 0.101. The van der Waals surface area contributed by atoms with Crippen LogP contribution in [-0.2, 0) is 5.41 Å². The van der Waals surface area contributed by atoms with Crippen LogP contribution in [0.2, 0.25) is 0 Å². The van der Waals surface area contributed by atoms with Crippen molar-refractivity contribution >= 4 is 5.78 Å². The molecule has 82 valence electrons. The normalized spacial score (nSPS) is 11.3. The molecule has 0 unspecified atom stereocenters. The Balaban J connectivity index is 3.42. The third-order valence-corrected chi connectivity index (χ3v) is 2.41. The van der Waals surface area contributed by atoms with Gasteiger partial charge in [-0.05, 0) is 18.4 Å². The molecule has 0 radical (unpaired) electrons. The molecule has 0 heterocycles. The van der Waals surface area contributed by atoms with Gasteiger partial charge in [0, 0.05) is 5.56 Å². The first kappa shape index (κ1) is 11.8. The van der Waals surface area contributed by atoms with E-state index in [0.29, 0.717) is 11.3 Å². The number of rotatable bonds is 2. The van der Waals surface area contributed by atoms with Gasteiger partial charge in [-0.1, -0.05) is 32.9 Å². The average molecular weight is 206 g/mol. The SMILES string of the molecule is COc1c(C(C)=O)cccc1C(C)(C)C. The number of hydrogen-bond donors (Lipinski definition) is 0. The molecule has 0 saturated heterocycles. The summed E-state index contributed by atoms with van der Waals surface area (Å²) < 4.78 is 5.34. The molecule has 0 saturated carbocycles. The van der Waals surface area contributed by atoms with Crippen molar-refractivity contribution in [3.8, 4) is 5.75 Å². The topological polar surface area (TPSA) is 26.3 Å². The Bertz CT molecular complexity index is 373. The Hall–Kier alpha value is -1.31. The smallest absolute Gasteiger partial charge is 0.163 e. The highest BCUT2D eigenvalue weighted by atomic mass is 16.5. The van der Waals surface area contributed by atoms with Crippen molar-refractivity contribution in [2.24, 2.45) is 0 Å². The highest BCUT2D eigenvalue weighted by Gasteiger charge is 2.21. The van der Waals surface area contributed by atoms with Crippen molar-refractivity contribution in [3.63, 3.8) is 0 Å². The average Bonchev–Trinajstić information content (AvgIpc) is 2.15. The van der Waals surface area contributed by atoms with Gasteiger partial charge >= 0.3 is 0 Å². The van der Waals surface area contributed by atoms with E-state index in [1.165, 1.54) is 0 Å². The van der Waals surface area contributed by atoms with Crippen LogP contribution in [0, 0.1) is 0 Å². The number of ether oxygens (including phenoxy) is 1. The number of ketones is 1. The molecule has 2 heteroatoms. The molecule has 0 aliphatic heterocycles. The van der Waals surface area contributed by atoms with Gasteiger partial charge < -0.3 is 4.74 Å². The molecule has 0 atom stereocenters. The summed E-state index contributed by atoms with van der Waals surface area (Å²) >= 11 is 0. The van der Waals surface area contributed by atoms with E-state index in [2.05, 4.69) is 20.8 Å². The van der Waals surface area contributed by atoms with Crippen molar-refractivity contribution < 1.29 is 9.53 Å². The highest BCUT2D eigenvalue weighted by Crippen LogP contribution is 2.33. The summed E-state index contributed by atoms with van der Waals surface area (Å²) in [4.78, 5) is 11.4. The number of carbonyl (C=O) groups is 1. The summed E-state index contributed by atoms with van der Waals surface area (Å²) in [6.07, 6.45) is 0. The molecule has 1 aromatic rings. The number of benzene rings is 1. The summed E-state index contributed by atoms with van der Waals surface area (Å²) in [5.41, 5.74) is 1.71. The standard InChI is InChI=1S/C13H18O2/c1-9(14)10-7-6-8-11(12(10)15-5)13(2,3)4/h6-8H,1-5H3. The molecule has 1 rings (SSSR count). The van der Waals surface area contributed by atoms with Gasteiger partial charge in [0.15, 0.2) is 5.78 Å². The van der Waals surface area contributed by atoms with Crippen LogP contribution in [0.4, 0.5) is 0 Å². The lowest BCUT2D eigenvalue weighted by atomic mass is 9.85. The summed E-state index contributed by atoms with van der Waals surface area (Å²) in [5, 5.41) is 0. The number of carbonyl (C=O) groups excluding carboxylic acids is 1. The van der Waals surface area contributed by atoms with E-state index in [9.17, 15) is 4.79 Å². The molecule has 0 bridgehead atoms. The second kappa shape index (κ2) is 4.05. The number of Topliss-reactive ketones (excluding diaryl/α,β-unsaturated/α-hetero) is 1. The van der Waals surface area contributed by atoms with Crippen LogP contribution in [0.5, 0.6) is 5.75 Å². The third-order valence-electron chi connectivity index (χ3n) is 2.41. The zero-order chi connectivity index (χ0) is 11.6. The minimum Gasteiger partial charge on any atom is -0.496 e. The van der Waals surface area contributed by atoms with E-state index in [1.54, 1.807) is 20.1 Å². The molecule has 0 fully saturated rings. The molecule has 0 spiro atoms. The fourth-order valence-electron chi connectivity index (χ4n) is 1.62. The monoisotopic (exact) mass is 206 g/mol. The van der Waals surface area contributed by atoms with Crippen molar-refractivity contribution in [1.29, 1.82) is 0 Å². The largest absolute Gasteiger partial charge is 0.496 e. The quantitative estimate of drug-likeness (QED) is 0.694. The first-order valence-electron chi connectivity index (χ1n) is 5.06. The van der Waals surface area contributed by atoms with Gasteiger partial charge in [-0.2, -0.15) is 0 Å².